The molecule has 142 valence electrons. The summed E-state index contributed by atoms with van der Waals surface area (Å²) >= 11 is 5.96. The number of esters is 2. The first-order valence-corrected chi connectivity index (χ1v) is 8.88. The first-order chi connectivity index (χ1) is 13.3. The van der Waals surface area contributed by atoms with Crippen LogP contribution in [0, 0.1) is 0 Å². The summed E-state index contributed by atoms with van der Waals surface area (Å²) in [6.45, 7) is 3.00. The van der Waals surface area contributed by atoms with Crippen molar-refractivity contribution in [2.24, 2.45) is 0 Å². The highest BCUT2D eigenvalue weighted by Crippen LogP contribution is 2.30. The van der Waals surface area contributed by atoms with E-state index in [1.807, 2.05) is 36.4 Å². The maximum Gasteiger partial charge on any atom is 0.350 e. The molecule has 1 saturated heterocycles. The third-order valence-electron chi connectivity index (χ3n) is 4.15. The van der Waals surface area contributed by atoms with E-state index in [0.29, 0.717) is 10.8 Å². The molecule has 0 saturated carbocycles. The first-order valence-electron chi connectivity index (χ1n) is 8.50. The maximum atomic E-state index is 12.1. The van der Waals surface area contributed by atoms with Gasteiger partial charge in [-0.2, -0.15) is 0 Å². The fraction of sp³-hybridized carbons (Fsp3) is 0.150. The van der Waals surface area contributed by atoms with E-state index in [2.05, 4.69) is 15.3 Å². The molecule has 0 atom stereocenters. The SMILES string of the molecule is CC1(C)OC(=O)C(=CNc2ccccc2-c2cc3nc(Cl)ccc3[nH]2)C(=O)O1. The molecule has 1 aliphatic heterocycles. The molecular weight excluding hydrogens is 382 g/mol. The van der Waals surface area contributed by atoms with Crippen molar-refractivity contribution in [3.05, 3.63) is 59.4 Å². The summed E-state index contributed by atoms with van der Waals surface area (Å²) in [6, 6.07) is 12.9. The van der Waals surface area contributed by atoms with E-state index >= 15 is 0 Å². The summed E-state index contributed by atoms with van der Waals surface area (Å²) in [5.41, 5.74) is 3.68. The van der Waals surface area contributed by atoms with Crippen LogP contribution < -0.4 is 5.32 Å². The molecule has 2 N–H and O–H groups in total. The van der Waals surface area contributed by atoms with Crippen molar-refractivity contribution in [1.82, 2.24) is 9.97 Å². The standard InChI is InChI=1S/C20H16ClN3O4/c1-20(2)27-18(25)12(19(26)28-20)10-22-13-6-4-3-5-11(13)15-9-16-14(23-15)7-8-17(21)24-16/h3-10,22-23H,1-2H3. The molecule has 3 heterocycles. The van der Waals surface area contributed by atoms with Crippen LogP contribution in [0.5, 0.6) is 0 Å². The van der Waals surface area contributed by atoms with E-state index < -0.39 is 17.7 Å². The Labute approximate surface area is 165 Å². The highest BCUT2D eigenvalue weighted by atomic mass is 35.5. The number of carbonyl (C=O) groups excluding carboxylic acids is 2. The summed E-state index contributed by atoms with van der Waals surface area (Å²) in [4.78, 5) is 31.7. The molecular formula is C20H16ClN3O4. The molecule has 3 aromatic rings. The Kier molecular flexibility index (Phi) is 4.31. The van der Waals surface area contributed by atoms with Gasteiger partial charge < -0.3 is 19.8 Å². The van der Waals surface area contributed by atoms with E-state index in [9.17, 15) is 9.59 Å². The van der Waals surface area contributed by atoms with Crippen LogP contribution in [0.4, 0.5) is 5.69 Å². The fourth-order valence-corrected chi connectivity index (χ4v) is 3.06. The lowest BCUT2D eigenvalue weighted by Crippen LogP contribution is -2.42. The number of carbonyl (C=O) groups is 2. The topological polar surface area (TPSA) is 93.3 Å². The Bertz CT molecular complexity index is 1110. The minimum atomic E-state index is -1.28. The number of hydrogen-bond donors (Lipinski definition) is 2. The Morgan fingerprint density at radius 1 is 1.11 bits per heavy atom. The number of cyclic esters (lactones) is 2. The normalized spacial score (nSPS) is 15.9. The van der Waals surface area contributed by atoms with E-state index in [4.69, 9.17) is 21.1 Å². The number of anilines is 1. The molecule has 0 bridgehead atoms. The van der Waals surface area contributed by atoms with Gasteiger partial charge in [0.25, 0.3) is 5.79 Å². The monoisotopic (exact) mass is 397 g/mol. The van der Waals surface area contributed by atoms with Crippen molar-refractivity contribution in [3.63, 3.8) is 0 Å². The van der Waals surface area contributed by atoms with Crippen LogP contribution in [0.1, 0.15) is 13.8 Å². The lowest BCUT2D eigenvalue weighted by atomic mass is 10.1. The average Bonchev–Trinajstić information content (AvgIpc) is 3.03. The van der Waals surface area contributed by atoms with Crippen LogP contribution in [-0.4, -0.2) is 27.7 Å². The number of pyridine rings is 1. The Balaban J connectivity index is 1.66. The van der Waals surface area contributed by atoms with Crippen LogP contribution in [-0.2, 0) is 19.1 Å². The number of H-pyrrole nitrogens is 1. The van der Waals surface area contributed by atoms with Gasteiger partial charge in [0.15, 0.2) is 5.57 Å². The molecule has 8 heteroatoms. The number of nitrogens with one attached hydrogen (secondary N) is 2. The van der Waals surface area contributed by atoms with Crippen LogP contribution in [0.3, 0.4) is 0 Å². The number of aromatic nitrogens is 2. The lowest BCUT2D eigenvalue weighted by molar-refractivity contribution is -0.222. The molecule has 1 aromatic carbocycles. The van der Waals surface area contributed by atoms with Crippen molar-refractivity contribution >= 4 is 40.3 Å². The smallest absolute Gasteiger partial charge is 0.350 e. The summed E-state index contributed by atoms with van der Waals surface area (Å²) in [7, 11) is 0. The number of fused-ring (bicyclic) bond motifs is 1. The quantitative estimate of drug-likeness (QED) is 0.300. The second-order valence-electron chi connectivity index (χ2n) is 6.68. The number of nitrogens with zero attached hydrogens (tertiary/aromatic N) is 1. The van der Waals surface area contributed by atoms with Crippen LogP contribution >= 0.6 is 11.6 Å². The second-order valence-corrected chi connectivity index (χ2v) is 7.06. The third kappa shape index (κ3) is 3.44. The first kappa shape index (κ1) is 18.1. The molecule has 0 amide bonds. The van der Waals surface area contributed by atoms with Crippen LogP contribution in [0.2, 0.25) is 5.15 Å². The van der Waals surface area contributed by atoms with Crippen molar-refractivity contribution < 1.29 is 19.1 Å². The van der Waals surface area contributed by atoms with Gasteiger partial charge in [0, 0.05) is 31.3 Å². The van der Waals surface area contributed by atoms with Crippen molar-refractivity contribution in [2.75, 3.05) is 5.32 Å². The predicted octanol–water partition coefficient (Wildman–Crippen LogP) is 4.02. The summed E-state index contributed by atoms with van der Waals surface area (Å²) < 4.78 is 10.2. The zero-order valence-electron chi connectivity index (χ0n) is 15.1. The predicted molar refractivity (Wildman–Crippen MR) is 105 cm³/mol. The van der Waals surface area contributed by atoms with Gasteiger partial charge in [0.2, 0.25) is 0 Å². The van der Waals surface area contributed by atoms with Crippen LogP contribution in [0.15, 0.2) is 54.2 Å². The fourth-order valence-electron chi connectivity index (χ4n) is 2.90. The van der Waals surface area contributed by atoms with Crippen molar-refractivity contribution in [2.45, 2.75) is 19.6 Å². The molecule has 0 unspecified atom stereocenters. The number of ether oxygens (including phenoxy) is 2. The Morgan fingerprint density at radius 3 is 2.57 bits per heavy atom. The van der Waals surface area contributed by atoms with E-state index in [0.717, 1.165) is 22.3 Å². The summed E-state index contributed by atoms with van der Waals surface area (Å²) in [5, 5.41) is 3.40. The number of halogens is 1. The van der Waals surface area contributed by atoms with Crippen LogP contribution in [0.25, 0.3) is 22.3 Å². The largest absolute Gasteiger partial charge is 0.419 e. The molecule has 7 nitrogen and oxygen atoms in total. The van der Waals surface area contributed by atoms with Gasteiger partial charge >= 0.3 is 11.9 Å². The zero-order chi connectivity index (χ0) is 19.9. The van der Waals surface area contributed by atoms with Gasteiger partial charge in [-0.25, -0.2) is 14.6 Å². The molecule has 0 spiro atoms. The molecule has 4 rings (SSSR count). The number of aromatic amines is 1. The number of rotatable bonds is 3. The summed E-state index contributed by atoms with van der Waals surface area (Å²) in [5.74, 6) is -2.76. The molecule has 1 fully saturated rings. The van der Waals surface area contributed by atoms with E-state index in [-0.39, 0.29) is 5.57 Å². The Morgan fingerprint density at radius 2 is 1.82 bits per heavy atom. The molecule has 2 aromatic heterocycles. The lowest BCUT2D eigenvalue weighted by Gasteiger charge is -2.29. The van der Waals surface area contributed by atoms with E-state index in [1.54, 1.807) is 6.07 Å². The van der Waals surface area contributed by atoms with Gasteiger partial charge in [0.1, 0.15) is 5.15 Å². The minimum Gasteiger partial charge on any atom is -0.419 e. The maximum absolute atomic E-state index is 12.1. The number of benzene rings is 1. The summed E-state index contributed by atoms with van der Waals surface area (Å²) in [6.07, 6.45) is 1.29. The second kappa shape index (κ2) is 6.69. The highest BCUT2D eigenvalue weighted by molar-refractivity contribution is 6.29. The molecule has 1 aliphatic rings. The van der Waals surface area contributed by atoms with Crippen molar-refractivity contribution in [3.8, 4) is 11.3 Å². The van der Waals surface area contributed by atoms with E-state index in [1.165, 1.54) is 20.0 Å². The zero-order valence-corrected chi connectivity index (χ0v) is 15.8. The van der Waals surface area contributed by atoms with Gasteiger partial charge in [-0.05, 0) is 24.3 Å². The Hall–Kier alpha value is -3.32. The molecule has 28 heavy (non-hydrogen) atoms. The number of para-hydroxylation sites is 1. The average molecular weight is 398 g/mol. The van der Waals surface area contributed by atoms with Crippen molar-refractivity contribution in [1.29, 1.82) is 0 Å². The van der Waals surface area contributed by atoms with Gasteiger partial charge in [-0.15, -0.1) is 0 Å². The third-order valence-corrected chi connectivity index (χ3v) is 4.36. The molecule has 0 radical (unpaired) electrons. The minimum absolute atomic E-state index is 0.209. The highest BCUT2D eigenvalue weighted by Gasteiger charge is 2.38. The van der Waals surface area contributed by atoms with Gasteiger partial charge in [-0.1, -0.05) is 29.8 Å². The molecule has 0 aliphatic carbocycles. The number of hydrogen-bond acceptors (Lipinski definition) is 6. The van der Waals surface area contributed by atoms with Gasteiger partial charge in [0.05, 0.1) is 16.7 Å². The van der Waals surface area contributed by atoms with Gasteiger partial charge in [-0.3, -0.25) is 0 Å².